The molecule has 1 saturated heterocycles. The van der Waals surface area contributed by atoms with Crippen LogP contribution in [-0.2, 0) is 22.7 Å². The van der Waals surface area contributed by atoms with E-state index in [-0.39, 0.29) is 17.1 Å². The third-order valence-electron chi connectivity index (χ3n) is 3.67. The van der Waals surface area contributed by atoms with Crippen LogP contribution in [0.25, 0.3) is 11.2 Å². The summed E-state index contributed by atoms with van der Waals surface area (Å²) < 4.78 is 36.2. The lowest BCUT2D eigenvalue weighted by Crippen LogP contribution is -2.33. The molecular formula is C10H14N5O11P2-. The average molecular weight is 442 g/mol. The molecule has 3 heterocycles. The number of phosphoric ester groups is 1. The van der Waals surface area contributed by atoms with Crippen molar-refractivity contribution in [2.45, 2.75) is 24.5 Å². The number of nitrogen functional groups attached to an aromatic ring is 1. The van der Waals surface area contributed by atoms with Crippen molar-refractivity contribution in [2.24, 2.45) is 0 Å². The molecule has 0 radical (unpaired) electrons. The minimum Gasteiger partial charge on any atom is -0.756 e. The van der Waals surface area contributed by atoms with Crippen LogP contribution in [0.15, 0.2) is 11.1 Å². The molecule has 1 aliphatic heterocycles. The van der Waals surface area contributed by atoms with Crippen LogP contribution in [0.4, 0.5) is 5.95 Å². The molecule has 1 aliphatic rings. The summed E-state index contributed by atoms with van der Waals surface area (Å²) in [7, 11) is -10.8. The van der Waals surface area contributed by atoms with Gasteiger partial charge in [-0.3, -0.25) is 23.4 Å². The molecule has 6 atom stereocenters. The van der Waals surface area contributed by atoms with Gasteiger partial charge in [0.2, 0.25) is 5.95 Å². The minimum atomic E-state index is -5.57. The summed E-state index contributed by atoms with van der Waals surface area (Å²) in [5, 5.41) is 20.2. The quantitative estimate of drug-likeness (QED) is 0.243. The number of nitrogens with one attached hydrogen (secondary N) is 1. The lowest BCUT2D eigenvalue weighted by Gasteiger charge is -2.21. The van der Waals surface area contributed by atoms with Gasteiger partial charge in [-0.2, -0.15) is 4.98 Å². The zero-order valence-electron chi connectivity index (χ0n) is 13.6. The molecule has 0 amide bonds. The Morgan fingerprint density at radius 2 is 2.04 bits per heavy atom. The molecule has 16 nitrogen and oxygen atoms in total. The number of hydrogen-bond acceptors (Lipinski definition) is 12. The average Bonchev–Trinajstić information content (AvgIpc) is 3.06. The molecule has 0 bridgehead atoms. The Labute approximate surface area is 154 Å². The second kappa shape index (κ2) is 7.27. The smallest absolute Gasteiger partial charge is 0.478 e. The van der Waals surface area contributed by atoms with Crippen LogP contribution in [0.5, 0.6) is 0 Å². The Morgan fingerprint density at radius 3 is 2.68 bits per heavy atom. The number of rotatable bonds is 6. The molecule has 28 heavy (non-hydrogen) atoms. The number of nitrogens with two attached hydrogens (primary N) is 1. The number of fused-ring (bicyclic) bond motifs is 1. The first-order valence-electron chi connectivity index (χ1n) is 7.34. The van der Waals surface area contributed by atoms with E-state index in [1.807, 2.05) is 0 Å². The zero-order chi connectivity index (χ0) is 20.9. The third-order valence-corrected chi connectivity index (χ3v) is 5.80. The van der Waals surface area contributed by atoms with E-state index in [9.17, 15) is 33.9 Å². The van der Waals surface area contributed by atoms with E-state index in [2.05, 4.69) is 23.8 Å². The maximum absolute atomic E-state index is 11.8. The first kappa shape index (κ1) is 21.0. The summed E-state index contributed by atoms with van der Waals surface area (Å²) in [6.07, 6.45) is -4.95. The number of nitrogens with zero attached hydrogens (tertiary/aromatic N) is 3. The molecule has 3 unspecified atom stereocenters. The van der Waals surface area contributed by atoms with Crippen LogP contribution < -0.4 is 16.2 Å². The van der Waals surface area contributed by atoms with Crippen LogP contribution in [-0.4, -0.2) is 64.4 Å². The first-order valence-corrected chi connectivity index (χ1v) is 10.3. The Morgan fingerprint density at radius 1 is 1.36 bits per heavy atom. The van der Waals surface area contributed by atoms with Crippen LogP contribution in [0.2, 0.25) is 0 Å². The summed E-state index contributed by atoms with van der Waals surface area (Å²) in [6, 6.07) is 0. The number of anilines is 1. The van der Waals surface area contributed by atoms with E-state index in [1.54, 1.807) is 0 Å². The summed E-state index contributed by atoms with van der Waals surface area (Å²) in [5.74, 6) is -0.239. The van der Waals surface area contributed by atoms with Crippen LogP contribution in [0.1, 0.15) is 6.23 Å². The van der Waals surface area contributed by atoms with Gasteiger partial charge in [-0.15, -0.1) is 0 Å². The SMILES string of the molecule is Nc1nc2c(ncn2[C@@H]2O[C@H](COP(=O)(O)OP(=O)([O-])O)[C@H](O)C2O)c(=O)[nH]1. The van der Waals surface area contributed by atoms with Gasteiger partial charge in [-0.05, 0) is 0 Å². The van der Waals surface area contributed by atoms with Gasteiger partial charge >= 0.3 is 7.82 Å². The van der Waals surface area contributed by atoms with Gasteiger partial charge in [0.05, 0.1) is 12.9 Å². The number of phosphoric acid groups is 2. The Bertz CT molecular complexity index is 1030. The van der Waals surface area contributed by atoms with Crippen LogP contribution in [0.3, 0.4) is 0 Å². The van der Waals surface area contributed by atoms with Crippen molar-refractivity contribution < 1.29 is 47.6 Å². The highest BCUT2D eigenvalue weighted by atomic mass is 31.3. The van der Waals surface area contributed by atoms with E-state index in [0.717, 1.165) is 10.9 Å². The fraction of sp³-hybridized carbons (Fsp3) is 0.500. The topological polar surface area (TPSA) is 255 Å². The zero-order valence-corrected chi connectivity index (χ0v) is 15.3. The van der Waals surface area contributed by atoms with Crippen molar-refractivity contribution >= 4 is 32.8 Å². The summed E-state index contributed by atoms with van der Waals surface area (Å²) >= 11 is 0. The highest BCUT2D eigenvalue weighted by molar-refractivity contribution is 7.60. The number of imidazole rings is 1. The highest BCUT2D eigenvalue weighted by Gasteiger charge is 2.45. The second-order valence-electron chi connectivity index (χ2n) is 5.64. The normalized spacial score (nSPS) is 29.6. The number of aliphatic hydroxyl groups is 2. The molecule has 2 aromatic heterocycles. The first-order chi connectivity index (χ1) is 12.9. The van der Waals surface area contributed by atoms with Crippen molar-refractivity contribution in [3.63, 3.8) is 0 Å². The monoisotopic (exact) mass is 442 g/mol. The minimum absolute atomic E-state index is 0.0668. The molecule has 156 valence electrons. The fourth-order valence-electron chi connectivity index (χ4n) is 2.55. The van der Waals surface area contributed by atoms with E-state index < -0.39 is 52.4 Å². The number of hydrogen-bond donors (Lipinski definition) is 6. The van der Waals surface area contributed by atoms with Crippen LogP contribution in [0, 0.1) is 0 Å². The maximum Gasteiger partial charge on any atom is 0.478 e. The summed E-state index contributed by atoms with van der Waals surface area (Å²) in [5.41, 5.74) is 4.62. The molecule has 1 fully saturated rings. The van der Waals surface area contributed by atoms with E-state index >= 15 is 0 Å². The fourth-order valence-corrected chi connectivity index (χ4v) is 4.11. The predicted molar refractivity (Wildman–Crippen MR) is 85.2 cm³/mol. The Hall–Kier alpha value is -1.71. The van der Waals surface area contributed by atoms with Crippen molar-refractivity contribution in [1.82, 2.24) is 19.5 Å². The number of aromatic amines is 1. The van der Waals surface area contributed by atoms with Crippen molar-refractivity contribution in [3.05, 3.63) is 16.7 Å². The molecule has 0 aliphatic carbocycles. The highest BCUT2D eigenvalue weighted by Crippen LogP contribution is 2.55. The molecule has 7 N–H and O–H groups in total. The van der Waals surface area contributed by atoms with Crippen LogP contribution >= 0.6 is 15.6 Å². The number of aliphatic hydroxyl groups excluding tert-OH is 2. The van der Waals surface area contributed by atoms with Gasteiger partial charge in [0.1, 0.15) is 18.3 Å². The predicted octanol–water partition coefficient (Wildman–Crippen LogP) is -3.08. The van der Waals surface area contributed by atoms with Crippen molar-refractivity contribution in [3.8, 4) is 0 Å². The molecule has 18 heteroatoms. The summed E-state index contributed by atoms with van der Waals surface area (Å²) in [4.78, 5) is 49.9. The van der Waals surface area contributed by atoms with E-state index in [0.29, 0.717) is 0 Å². The van der Waals surface area contributed by atoms with Crippen molar-refractivity contribution in [2.75, 3.05) is 12.3 Å². The van der Waals surface area contributed by atoms with Crippen molar-refractivity contribution in [1.29, 1.82) is 0 Å². The summed E-state index contributed by atoms with van der Waals surface area (Å²) in [6.45, 7) is -0.898. The van der Waals surface area contributed by atoms with Gasteiger partial charge in [-0.1, -0.05) is 0 Å². The molecule has 2 aromatic rings. The van der Waals surface area contributed by atoms with Gasteiger partial charge in [-0.25, -0.2) is 13.9 Å². The maximum atomic E-state index is 11.8. The Balaban J connectivity index is 1.79. The second-order valence-corrected chi connectivity index (χ2v) is 8.42. The van der Waals surface area contributed by atoms with Gasteiger partial charge < -0.3 is 35.4 Å². The number of aromatic nitrogens is 4. The standard InChI is InChI=1S/C10H15N5O11P2/c11-10-13-7-4(8(18)14-10)12-2-15(7)9-6(17)5(16)3(25-9)1-24-28(22,23)26-27(19,20)21/h2-3,5-6,9,16-17H,1H2,(H,22,23)(H2,19,20,21)(H3,11,13,14,18)/p-1/t3-,5+,6?,9-/m1/s1. The lowest BCUT2D eigenvalue weighted by molar-refractivity contribution is -0.212. The van der Waals surface area contributed by atoms with E-state index in [4.69, 9.17) is 15.4 Å². The van der Waals surface area contributed by atoms with Gasteiger partial charge in [0.15, 0.2) is 17.4 Å². The number of H-pyrrole nitrogens is 1. The third kappa shape index (κ3) is 4.31. The van der Waals surface area contributed by atoms with Gasteiger partial charge in [0.25, 0.3) is 13.4 Å². The Kier molecular flexibility index (Phi) is 5.46. The molecule has 3 rings (SSSR count). The molecule has 0 saturated carbocycles. The molecule has 0 aromatic carbocycles. The van der Waals surface area contributed by atoms with E-state index in [1.165, 1.54) is 0 Å². The largest absolute Gasteiger partial charge is 0.756 e. The lowest BCUT2D eigenvalue weighted by atomic mass is 10.1. The molecular weight excluding hydrogens is 428 g/mol. The number of ether oxygens (including phenoxy) is 1. The van der Waals surface area contributed by atoms with Gasteiger partial charge in [0, 0.05) is 0 Å². The molecule has 0 spiro atoms.